The lowest BCUT2D eigenvalue weighted by atomic mass is 10.8. The average molecular weight is 73.5 g/mol. The van der Waals surface area contributed by atoms with E-state index in [1.54, 1.807) is 0 Å². The Labute approximate surface area is 30.8 Å². The maximum Gasteiger partial charge on any atom is 0.192 e. The lowest BCUT2D eigenvalue weighted by Crippen LogP contribution is -1.33. The third-order valence-corrected chi connectivity index (χ3v) is 0.189. The summed E-state index contributed by atoms with van der Waals surface area (Å²) in [5.74, 6) is 3.20. The fourth-order valence-corrected chi connectivity index (χ4v) is 0. The van der Waals surface area contributed by atoms with Crippen LogP contribution in [0.2, 0.25) is 0 Å². The predicted octanol–water partition coefficient (Wildman–Crippen LogP) is 1.02. The van der Waals surface area contributed by atoms with Gasteiger partial charge in [0.15, 0.2) is 11.8 Å². The highest BCUT2D eigenvalue weighted by Gasteiger charge is 1.62. The Morgan fingerprint density at radius 1 is 2.00 bits per heavy atom. The molecular formula is C3H2Cl+. The summed E-state index contributed by atoms with van der Waals surface area (Å²) in [6.45, 7) is 0. The molecule has 0 aromatic carbocycles. The van der Waals surface area contributed by atoms with Crippen molar-refractivity contribution in [1.82, 2.24) is 0 Å². The van der Waals surface area contributed by atoms with Gasteiger partial charge in [-0.1, -0.05) is 0 Å². The molecule has 0 aliphatic heterocycles. The summed E-state index contributed by atoms with van der Waals surface area (Å²) in [6.07, 6.45) is 4.59. The summed E-state index contributed by atoms with van der Waals surface area (Å²) < 4.78 is 0. The Morgan fingerprint density at radius 2 is 2.25 bits per heavy atom. The molecule has 0 heterocycles. The second kappa shape index (κ2) is 2.72. The minimum Gasteiger partial charge on any atom is 0.0403 e. The van der Waals surface area contributed by atoms with Gasteiger partial charge in [0.25, 0.3) is 0 Å². The predicted molar refractivity (Wildman–Crippen MR) is 19.0 cm³/mol. The molecule has 0 N–H and O–H groups in total. The third kappa shape index (κ3) is 1.72. The minimum atomic E-state index is 1.12. The third-order valence-electron chi connectivity index (χ3n) is 0.0630. The Hall–Kier alpha value is -0.280. The molecule has 4 heavy (non-hydrogen) atoms. The van der Waals surface area contributed by atoms with Gasteiger partial charge in [-0.3, -0.25) is 0 Å². The van der Waals surface area contributed by atoms with Crippen molar-refractivity contribution in [3.05, 3.63) is 5.88 Å². The molecule has 0 bridgehead atoms. The van der Waals surface area contributed by atoms with Crippen molar-refractivity contribution in [2.24, 2.45) is 0 Å². The molecule has 20 valence electrons. The number of hydrogen-bond donors (Lipinski definition) is 0. The number of hydrogen-bond acceptors (Lipinski definition) is 0. The molecule has 0 aliphatic rings. The Bertz CT molecular complexity index is 33.0. The second-order valence-electron chi connectivity index (χ2n) is 0.276. The first kappa shape index (κ1) is 3.72. The molecule has 0 nitrogen and oxygen atoms in total. The maximum absolute atomic E-state index is 4.82. The summed E-state index contributed by atoms with van der Waals surface area (Å²) in [5.41, 5.74) is 0. The standard InChI is InChI=1S/C3H2Cl/c1-2-3-4/h1,3H/q+1. The van der Waals surface area contributed by atoms with Crippen molar-refractivity contribution in [3.63, 3.8) is 0 Å². The Morgan fingerprint density at radius 3 is 2.25 bits per heavy atom. The summed E-state index contributed by atoms with van der Waals surface area (Å²) in [5, 5.41) is 0. The van der Waals surface area contributed by atoms with E-state index in [9.17, 15) is 0 Å². The largest absolute Gasteiger partial charge is 0.192 e. The zero-order valence-corrected chi connectivity index (χ0v) is 2.79. The van der Waals surface area contributed by atoms with Crippen LogP contribution in [0.25, 0.3) is 0 Å². The van der Waals surface area contributed by atoms with Crippen molar-refractivity contribution in [2.45, 2.75) is 0 Å². The second-order valence-corrected chi connectivity index (χ2v) is 0.494. The SMILES string of the molecule is C#C[CH+]Cl. The summed E-state index contributed by atoms with van der Waals surface area (Å²) in [7, 11) is 0. The van der Waals surface area contributed by atoms with Crippen molar-refractivity contribution < 1.29 is 0 Å². The van der Waals surface area contributed by atoms with Crippen LogP contribution in [0.1, 0.15) is 0 Å². The van der Waals surface area contributed by atoms with Crippen molar-refractivity contribution in [2.75, 3.05) is 0 Å². The fourth-order valence-electron chi connectivity index (χ4n) is 0. The molecule has 0 aromatic rings. The van der Waals surface area contributed by atoms with Crippen molar-refractivity contribution >= 4 is 11.6 Å². The summed E-state index contributed by atoms with van der Waals surface area (Å²) >= 11 is 4.82. The normalized spacial score (nSPS) is 4.00. The van der Waals surface area contributed by atoms with Gasteiger partial charge in [-0.25, -0.2) is 0 Å². The molecule has 0 saturated carbocycles. The topological polar surface area (TPSA) is 0 Å². The van der Waals surface area contributed by atoms with Gasteiger partial charge >= 0.3 is 0 Å². The number of rotatable bonds is 0. The molecule has 0 amide bonds. The molecular weight excluding hydrogens is 71.5 g/mol. The molecule has 0 aliphatic carbocycles. The van der Waals surface area contributed by atoms with E-state index in [1.807, 2.05) is 0 Å². The van der Waals surface area contributed by atoms with Crippen LogP contribution in [-0.4, -0.2) is 0 Å². The minimum absolute atomic E-state index is 1.12. The Kier molecular flexibility index (Phi) is 2.53. The summed E-state index contributed by atoms with van der Waals surface area (Å²) in [6, 6.07) is 0. The Balaban J connectivity index is 2.43. The lowest BCUT2D eigenvalue weighted by Gasteiger charge is -1.33. The van der Waals surface area contributed by atoms with Crippen LogP contribution in [0.15, 0.2) is 0 Å². The molecule has 0 spiro atoms. The zero-order chi connectivity index (χ0) is 3.41. The van der Waals surface area contributed by atoms with E-state index in [-0.39, 0.29) is 0 Å². The molecule has 1 heteroatoms. The highest BCUT2D eigenvalue weighted by molar-refractivity contribution is 6.25. The fraction of sp³-hybridized carbons (Fsp3) is 0. The maximum atomic E-state index is 4.82. The van der Waals surface area contributed by atoms with E-state index in [4.69, 9.17) is 11.6 Å². The van der Waals surface area contributed by atoms with Crippen LogP contribution in [0.3, 0.4) is 0 Å². The highest BCUT2D eigenvalue weighted by Crippen LogP contribution is 1.72. The van der Waals surface area contributed by atoms with E-state index < -0.39 is 0 Å². The van der Waals surface area contributed by atoms with E-state index in [0.717, 1.165) is 5.88 Å². The van der Waals surface area contributed by atoms with Gasteiger partial charge in [0, 0.05) is 11.6 Å². The first-order valence-corrected chi connectivity index (χ1v) is 1.23. The first-order chi connectivity index (χ1) is 1.91. The van der Waals surface area contributed by atoms with Crippen molar-refractivity contribution in [1.29, 1.82) is 0 Å². The van der Waals surface area contributed by atoms with Crippen LogP contribution in [0.5, 0.6) is 0 Å². The average Bonchev–Trinajstić information content (AvgIpc) is 1.37. The van der Waals surface area contributed by atoms with E-state index in [2.05, 4.69) is 12.3 Å². The number of halogens is 1. The number of terminal acetylenes is 1. The van der Waals surface area contributed by atoms with Crippen LogP contribution >= 0.6 is 11.6 Å². The molecule has 0 radical (unpaired) electrons. The smallest absolute Gasteiger partial charge is 0.0403 e. The van der Waals surface area contributed by atoms with Gasteiger partial charge in [-0.15, -0.1) is 0 Å². The van der Waals surface area contributed by atoms with Crippen LogP contribution in [0, 0.1) is 18.2 Å². The van der Waals surface area contributed by atoms with E-state index >= 15 is 0 Å². The van der Waals surface area contributed by atoms with Gasteiger partial charge in [0.2, 0.25) is 0 Å². The molecule has 0 fully saturated rings. The van der Waals surface area contributed by atoms with Gasteiger partial charge < -0.3 is 0 Å². The molecule has 0 saturated heterocycles. The van der Waals surface area contributed by atoms with Crippen LogP contribution in [-0.2, 0) is 0 Å². The quantitative estimate of drug-likeness (QED) is 0.297. The molecule has 0 rings (SSSR count). The molecule has 0 unspecified atom stereocenters. The van der Waals surface area contributed by atoms with Crippen molar-refractivity contribution in [3.8, 4) is 12.3 Å². The summed E-state index contributed by atoms with van der Waals surface area (Å²) in [4.78, 5) is 0. The van der Waals surface area contributed by atoms with Gasteiger partial charge in [-0.05, 0) is 0 Å². The first-order valence-electron chi connectivity index (χ1n) is 0.796. The molecule has 0 atom stereocenters. The highest BCUT2D eigenvalue weighted by atomic mass is 35.5. The van der Waals surface area contributed by atoms with Crippen LogP contribution < -0.4 is 0 Å². The van der Waals surface area contributed by atoms with Gasteiger partial charge in [0.1, 0.15) is 6.42 Å². The van der Waals surface area contributed by atoms with Gasteiger partial charge in [-0.2, -0.15) is 0 Å². The van der Waals surface area contributed by atoms with E-state index in [0.29, 0.717) is 0 Å². The zero-order valence-electron chi connectivity index (χ0n) is 2.03. The van der Waals surface area contributed by atoms with Gasteiger partial charge in [0.05, 0.1) is 0 Å². The monoisotopic (exact) mass is 73.0 g/mol. The lowest BCUT2D eigenvalue weighted by molar-refractivity contribution is 2.26. The van der Waals surface area contributed by atoms with Crippen LogP contribution in [0.4, 0.5) is 0 Å². The van der Waals surface area contributed by atoms with E-state index in [1.165, 1.54) is 0 Å². The molecule has 0 aromatic heterocycles.